The SMILES string of the molecule is CCCCCCN(CCO)S(=O)(=O)c1c[nH]c(=O)c(Cl)c1. The minimum absolute atomic E-state index is 0.0191. The molecule has 0 bridgehead atoms. The largest absolute Gasteiger partial charge is 0.395 e. The van der Waals surface area contributed by atoms with E-state index in [2.05, 4.69) is 11.9 Å². The van der Waals surface area contributed by atoms with Crippen molar-refractivity contribution in [2.24, 2.45) is 0 Å². The Labute approximate surface area is 129 Å². The number of pyridine rings is 1. The molecule has 6 nitrogen and oxygen atoms in total. The van der Waals surface area contributed by atoms with Crippen molar-refractivity contribution in [1.29, 1.82) is 0 Å². The van der Waals surface area contributed by atoms with Gasteiger partial charge in [0.1, 0.15) is 5.02 Å². The molecular formula is C13H21ClN2O4S. The van der Waals surface area contributed by atoms with Crippen molar-refractivity contribution in [3.63, 3.8) is 0 Å². The van der Waals surface area contributed by atoms with E-state index < -0.39 is 15.6 Å². The number of aliphatic hydroxyl groups is 1. The number of unbranched alkanes of at least 4 members (excludes halogenated alkanes) is 3. The Bertz CT molecular complexity index is 600. The van der Waals surface area contributed by atoms with Crippen molar-refractivity contribution >= 4 is 21.6 Å². The Morgan fingerprint density at radius 1 is 1.29 bits per heavy atom. The van der Waals surface area contributed by atoms with E-state index in [-0.39, 0.29) is 23.1 Å². The van der Waals surface area contributed by atoms with E-state index >= 15 is 0 Å². The topological polar surface area (TPSA) is 90.5 Å². The molecule has 8 heteroatoms. The lowest BCUT2D eigenvalue weighted by atomic mass is 10.2. The fourth-order valence-corrected chi connectivity index (χ4v) is 3.62. The standard InChI is InChI=1S/C13H21ClN2O4S/c1-2-3-4-5-6-16(7-8-17)21(19,20)11-9-12(14)13(18)15-10-11/h9-10,17H,2-8H2,1H3,(H,15,18). The second kappa shape index (κ2) is 8.53. The molecule has 0 saturated carbocycles. The average molecular weight is 337 g/mol. The smallest absolute Gasteiger partial charge is 0.266 e. The normalized spacial score (nSPS) is 12.0. The number of nitrogens with zero attached hydrogens (tertiary/aromatic N) is 1. The number of hydrogen-bond acceptors (Lipinski definition) is 4. The summed E-state index contributed by atoms with van der Waals surface area (Å²) in [7, 11) is -3.77. The maximum atomic E-state index is 12.5. The maximum absolute atomic E-state index is 12.5. The van der Waals surface area contributed by atoms with Crippen LogP contribution in [0, 0.1) is 0 Å². The summed E-state index contributed by atoms with van der Waals surface area (Å²) in [5, 5.41) is 8.88. The molecular weight excluding hydrogens is 316 g/mol. The van der Waals surface area contributed by atoms with E-state index in [1.807, 2.05) is 0 Å². The monoisotopic (exact) mass is 336 g/mol. The van der Waals surface area contributed by atoms with Crippen molar-refractivity contribution < 1.29 is 13.5 Å². The molecule has 1 rings (SSSR count). The molecule has 1 aromatic rings. The molecule has 120 valence electrons. The summed E-state index contributed by atoms with van der Waals surface area (Å²) < 4.78 is 26.2. The minimum Gasteiger partial charge on any atom is -0.395 e. The number of halogens is 1. The first-order valence-corrected chi connectivity index (χ1v) is 8.74. The number of H-pyrrole nitrogens is 1. The molecule has 1 heterocycles. The van der Waals surface area contributed by atoms with E-state index in [0.717, 1.165) is 37.9 Å². The Hall–Kier alpha value is -0.890. The highest BCUT2D eigenvalue weighted by molar-refractivity contribution is 7.89. The number of aliphatic hydroxyl groups excluding tert-OH is 1. The molecule has 21 heavy (non-hydrogen) atoms. The fraction of sp³-hybridized carbons (Fsp3) is 0.615. The van der Waals surface area contributed by atoms with Crippen LogP contribution < -0.4 is 5.56 Å². The first-order valence-electron chi connectivity index (χ1n) is 6.92. The second-order valence-corrected chi connectivity index (χ2v) is 7.05. The van der Waals surface area contributed by atoms with Gasteiger partial charge in [0.15, 0.2) is 0 Å². The summed E-state index contributed by atoms with van der Waals surface area (Å²) in [6.45, 7) is 2.17. The maximum Gasteiger partial charge on any atom is 0.266 e. The summed E-state index contributed by atoms with van der Waals surface area (Å²) in [4.78, 5) is 13.4. The summed E-state index contributed by atoms with van der Waals surface area (Å²) in [6.07, 6.45) is 4.88. The number of nitrogens with one attached hydrogen (secondary N) is 1. The van der Waals surface area contributed by atoms with Gasteiger partial charge in [-0.05, 0) is 12.5 Å². The van der Waals surface area contributed by atoms with Crippen LogP contribution in [-0.2, 0) is 10.0 Å². The lowest BCUT2D eigenvalue weighted by molar-refractivity contribution is 0.251. The first-order chi connectivity index (χ1) is 9.93. The molecule has 0 atom stereocenters. The zero-order valence-corrected chi connectivity index (χ0v) is 13.6. The molecule has 0 amide bonds. The first kappa shape index (κ1) is 18.2. The average Bonchev–Trinajstić information content (AvgIpc) is 2.45. The third-order valence-corrected chi connectivity index (χ3v) is 5.24. The highest BCUT2D eigenvalue weighted by Crippen LogP contribution is 2.17. The third kappa shape index (κ3) is 5.10. The van der Waals surface area contributed by atoms with Gasteiger partial charge in [0.25, 0.3) is 5.56 Å². The van der Waals surface area contributed by atoms with Crippen molar-refractivity contribution in [2.45, 2.75) is 37.5 Å². The van der Waals surface area contributed by atoms with Gasteiger partial charge in [0, 0.05) is 19.3 Å². The van der Waals surface area contributed by atoms with Gasteiger partial charge in [0.05, 0.1) is 11.5 Å². The predicted molar refractivity (Wildman–Crippen MR) is 82.1 cm³/mol. The highest BCUT2D eigenvalue weighted by Gasteiger charge is 2.24. The predicted octanol–water partition coefficient (Wildman–Crippen LogP) is 1.59. The van der Waals surface area contributed by atoms with Gasteiger partial charge in [-0.3, -0.25) is 4.79 Å². The van der Waals surface area contributed by atoms with E-state index in [1.165, 1.54) is 4.31 Å². The van der Waals surface area contributed by atoms with Gasteiger partial charge in [-0.2, -0.15) is 4.31 Å². The molecule has 0 saturated heterocycles. The van der Waals surface area contributed by atoms with Gasteiger partial charge in [0.2, 0.25) is 10.0 Å². The van der Waals surface area contributed by atoms with Crippen LogP contribution >= 0.6 is 11.6 Å². The van der Waals surface area contributed by atoms with Crippen LogP contribution in [0.1, 0.15) is 32.6 Å². The van der Waals surface area contributed by atoms with Crippen molar-refractivity contribution in [1.82, 2.24) is 9.29 Å². The summed E-state index contributed by atoms with van der Waals surface area (Å²) in [6, 6.07) is 1.13. The molecule has 0 aromatic carbocycles. The van der Waals surface area contributed by atoms with Crippen LogP contribution in [0.4, 0.5) is 0 Å². The number of aromatic amines is 1. The van der Waals surface area contributed by atoms with Crippen LogP contribution in [0.2, 0.25) is 5.02 Å². The lowest BCUT2D eigenvalue weighted by Gasteiger charge is -2.21. The quantitative estimate of drug-likeness (QED) is 0.670. The fourth-order valence-electron chi connectivity index (χ4n) is 1.91. The Kier molecular flexibility index (Phi) is 7.37. The van der Waals surface area contributed by atoms with Gasteiger partial charge in [-0.1, -0.05) is 37.8 Å². The van der Waals surface area contributed by atoms with Gasteiger partial charge in [-0.15, -0.1) is 0 Å². The van der Waals surface area contributed by atoms with Crippen LogP contribution in [0.5, 0.6) is 0 Å². The summed E-state index contributed by atoms with van der Waals surface area (Å²) >= 11 is 5.67. The second-order valence-electron chi connectivity index (χ2n) is 4.70. The third-order valence-electron chi connectivity index (χ3n) is 3.08. The van der Waals surface area contributed by atoms with Crippen molar-refractivity contribution in [3.8, 4) is 0 Å². The molecule has 0 unspecified atom stereocenters. The number of aromatic nitrogens is 1. The van der Waals surface area contributed by atoms with E-state index in [0.29, 0.717) is 6.54 Å². The van der Waals surface area contributed by atoms with Crippen LogP contribution in [0.3, 0.4) is 0 Å². The molecule has 0 aliphatic rings. The van der Waals surface area contributed by atoms with Crippen molar-refractivity contribution in [3.05, 3.63) is 27.6 Å². The Morgan fingerprint density at radius 2 is 2.00 bits per heavy atom. The van der Waals surface area contributed by atoms with E-state index in [4.69, 9.17) is 16.7 Å². The van der Waals surface area contributed by atoms with Crippen LogP contribution in [-0.4, -0.2) is 42.5 Å². The Balaban J connectivity index is 2.92. The van der Waals surface area contributed by atoms with Crippen LogP contribution in [0.15, 0.2) is 22.0 Å². The summed E-state index contributed by atoms with van der Waals surface area (Å²) in [5.74, 6) is 0. The lowest BCUT2D eigenvalue weighted by Crippen LogP contribution is -2.34. The van der Waals surface area contributed by atoms with E-state index in [1.54, 1.807) is 0 Å². The molecule has 1 aromatic heterocycles. The molecule has 2 N–H and O–H groups in total. The highest BCUT2D eigenvalue weighted by atomic mass is 35.5. The van der Waals surface area contributed by atoms with Crippen molar-refractivity contribution in [2.75, 3.05) is 19.7 Å². The molecule has 0 spiro atoms. The van der Waals surface area contributed by atoms with Gasteiger partial charge in [-0.25, -0.2) is 8.42 Å². The minimum atomic E-state index is -3.77. The van der Waals surface area contributed by atoms with Crippen LogP contribution in [0.25, 0.3) is 0 Å². The Morgan fingerprint density at radius 3 is 2.57 bits per heavy atom. The zero-order chi connectivity index (χ0) is 15.9. The number of rotatable bonds is 9. The molecule has 0 aliphatic carbocycles. The molecule has 0 fully saturated rings. The number of sulfonamides is 1. The number of hydrogen-bond donors (Lipinski definition) is 2. The summed E-state index contributed by atoms with van der Waals surface area (Å²) in [5.41, 5.74) is -0.535. The van der Waals surface area contributed by atoms with E-state index in [9.17, 15) is 13.2 Å². The molecule has 0 aliphatic heterocycles. The van der Waals surface area contributed by atoms with Gasteiger partial charge >= 0.3 is 0 Å². The zero-order valence-electron chi connectivity index (χ0n) is 12.0. The van der Waals surface area contributed by atoms with Gasteiger partial charge < -0.3 is 10.1 Å². The molecule has 0 radical (unpaired) electrons.